The third-order valence-electron chi connectivity index (χ3n) is 3.29. The SMILES string of the molecule is CCCc1cc(C(=O)OCC)c(NC(=O)CCCCC(=O)OC)s1. The lowest BCUT2D eigenvalue weighted by Gasteiger charge is -2.06. The highest BCUT2D eigenvalue weighted by atomic mass is 32.1. The minimum atomic E-state index is -0.419. The molecule has 1 rings (SSSR count). The molecule has 1 heterocycles. The predicted molar refractivity (Wildman–Crippen MR) is 93.4 cm³/mol. The zero-order valence-electron chi connectivity index (χ0n) is 14.5. The van der Waals surface area contributed by atoms with Crippen molar-refractivity contribution >= 4 is 34.2 Å². The van der Waals surface area contributed by atoms with Crippen molar-refractivity contribution in [1.29, 1.82) is 0 Å². The van der Waals surface area contributed by atoms with Crippen LogP contribution >= 0.6 is 11.3 Å². The smallest absolute Gasteiger partial charge is 0.341 e. The highest BCUT2D eigenvalue weighted by Crippen LogP contribution is 2.30. The average molecular weight is 355 g/mol. The van der Waals surface area contributed by atoms with Gasteiger partial charge in [-0.1, -0.05) is 13.3 Å². The number of hydrogen-bond acceptors (Lipinski definition) is 6. The van der Waals surface area contributed by atoms with Crippen LogP contribution in [0.3, 0.4) is 0 Å². The molecule has 1 amide bonds. The summed E-state index contributed by atoms with van der Waals surface area (Å²) in [7, 11) is 1.34. The molecule has 0 aliphatic heterocycles. The second kappa shape index (κ2) is 10.8. The predicted octanol–water partition coefficient (Wildman–Crippen LogP) is 3.55. The summed E-state index contributed by atoms with van der Waals surface area (Å²) in [5.41, 5.74) is 0.410. The van der Waals surface area contributed by atoms with E-state index >= 15 is 0 Å². The van der Waals surface area contributed by atoms with Gasteiger partial charge in [0, 0.05) is 17.7 Å². The van der Waals surface area contributed by atoms with E-state index in [0.29, 0.717) is 42.9 Å². The van der Waals surface area contributed by atoms with Crippen molar-refractivity contribution in [3.63, 3.8) is 0 Å². The van der Waals surface area contributed by atoms with Crippen LogP contribution < -0.4 is 5.32 Å². The van der Waals surface area contributed by atoms with E-state index in [0.717, 1.165) is 17.7 Å². The van der Waals surface area contributed by atoms with Crippen LogP contribution in [-0.4, -0.2) is 31.6 Å². The number of thiophene rings is 1. The van der Waals surface area contributed by atoms with Gasteiger partial charge in [0.25, 0.3) is 0 Å². The van der Waals surface area contributed by atoms with Gasteiger partial charge < -0.3 is 14.8 Å². The van der Waals surface area contributed by atoms with Gasteiger partial charge in [-0.25, -0.2) is 4.79 Å². The molecule has 6 nitrogen and oxygen atoms in total. The molecule has 0 atom stereocenters. The van der Waals surface area contributed by atoms with Crippen LogP contribution in [0, 0.1) is 0 Å². The number of hydrogen-bond donors (Lipinski definition) is 1. The maximum atomic E-state index is 12.1. The van der Waals surface area contributed by atoms with Crippen LogP contribution in [0.25, 0.3) is 0 Å². The minimum absolute atomic E-state index is 0.171. The Kier molecular flexibility index (Phi) is 9.07. The third-order valence-corrected chi connectivity index (χ3v) is 4.40. The van der Waals surface area contributed by atoms with Gasteiger partial charge in [0.05, 0.1) is 19.3 Å². The van der Waals surface area contributed by atoms with Crippen molar-refractivity contribution in [1.82, 2.24) is 0 Å². The van der Waals surface area contributed by atoms with E-state index in [1.54, 1.807) is 13.0 Å². The first-order valence-electron chi connectivity index (χ1n) is 8.18. The number of unbranched alkanes of at least 4 members (excludes halogenated alkanes) is 1. The van der Waals surface area contributed by atoms with Crippen LogP contribution in [0.2, 0.25) is 0 Å². The van der Waals surface area contributed by atoms with Crippen molar-refractivity contribution in [2.45, 2.75) is 52.4 Å². The Morgan fingerprint density at radius 3 is 2.50 bits per heavy atom. The number of ether oxygens (including phenoxy) is 2. The van der Waals surface area contributed by atoms with E-state index in [1.807, 2.05) is 0 Å². The van der Waals surface area contributed by atoms with Crippen LogP contribution in [-0.2, 0) is 25.5 Å². The van der Waals surface area contributed by atoms with Crippen LogP contribution in [0.15, 0.2) is 6.07 Å². The Labute approximate surface area is 146 Å². The molecule has 0 aliphatic rings. The van der Waals surface area contributed by atoms with E-state index in [4.69, 9.17) is 4.74 Å². The highest BCUT2D eigenvalue weighted by Gasteiger charge is 2.18. The molecule has 0 bridgehead atoms. The first-order valence-corrected chi connectivity index (χ1v) is 8.99. The summed E-state index contributed by atoms with van der Waals surface area (Å²) in [5, 5.41) is 3.33. The van der Waals surface area contributed by atoms with Gasteiger partial charge in [0.2, 0.25) is 5.91 Å². The Hall–Kier alpha value is -1.89. The first-order chi connectivity index (χ1) is 11.5. The van der Waals surface area contributed by atoms with E-state index < -0.39 is 5.97 Å². The number of nitrogens with one attached hydrogen (secondary N) is 1. The second-order valence-electron chi connectivity index (χ2n) is 5.26. The molecule has 1 aromatic rings. The molecule has 24 heavy (non-hydrogen) atoms. The van der Waals surface area contributed by atoms with Crippen molar-refractivity contribution in [3.8, 4) is 0 Å². The summed E-state index contributed by atoms with van der Waals surface area (Å²) in [4.78, 5) is 36.1. The number of carbonyl (C=O) groups is 3. The monoisotopic (exact) mass is 355 g/mol. The van der Waals surface area contributed by atoms with E-state index in [-0.39, 0.29) is 11.9 Å². The van der Waals surface area contributed by atoms with Crippen LogP contribution in [0.5, 0.6) is 0 Å². The van der Waals surface area contributed by atoms with Gasteiger partial charge in [0.15, 0.2) is 0 Å². The fourth-order valence-corrected chi connectivity index (χ4v) is 3.27. The number of esters is 2. The molecule has 0 spiro atoms. The molecule has 0 aromatic carbocycles. The van der Waals surface area contributed by atoms with Crippen molar-refractivity contribution in [3.05, 3.63) is 16.5 Å². The zero-order chi connectivity index (χ0) is 17.9. The fraction of sp³-hybridized carbons (Fsp3) is 0.588. The van der Waals surface area contributed by atoms with E-state index in [1.165, 1.54) is 18.4 Å². The lowest BCUT2D eigenvalue weighted by atomic mass is 10.2. The Bertz CT molecular complexity index is 567. The van der Waals surface area contributed by atoms with E-state index in [9.17, 15) is 14.4 Å². The molecule has 134 valence electrons. The summed E-state index contributed by atoms with van der Waals surface area (Å²) in [6.45, 7) is 4.10. The normalized spacial score (nSPS) is 10.3. The number of aryl methyl sites for hydroxylation is 1. The van der Waals surface area contributed by atoms with Crippen molar-refractivity contribution in [2.24, 2.45) is 0 Å². The quantitative estimate of drug-likeness (QED) is 0.513. The Morgan fingerprint density at radius 2 is 1.88 bits per heavy atom. The molecule has 0 saturated heterocycles. The summed E-state index contributed by atoms with van der Waals surface area (Å²) < 4.78 is 9.60. The first kappa shape index (κ1) is 20.2. The minimum Gasteiger partial charge on any atom is -0.469 e. The highest BCUT2D eigenvalue weighted by molar-refractivity contribution is 7.16. The molecule has 1 N–H and O–H groups in total. The Morgan fingerprint density at radius 1 is 1.17 bits per heavy atom. The van der Waals surface area contributed by atoms with E-state index in [2.05, 4.69) is 17.0 Å². The molecule has 0 fully saturated rings. The molecular weight excluding hydrogens is 330 g/mol. The summed E-state index contributed by atoms with van der Waals surface area (Å²) in [6, 6.07) is 1.79. The van der Waals surface area contributed by atoms with Gasteiger partial charge in [-0.05, 0) is 32.3 Å². The van der Waals surface area contributed by atoms with Crippen molar-refractivity contribution < 1.29 is 23.9 Å². The molecule has 0 radical (unpaired) electrons. The topological polar surface area (TPSA) is 81.7 Å². The molecular formula is C17H25NO5S. The van der Waals surface area contributed by atoms with Crippen LogP contribution in [0.4, 0.5) is 5.00 Å². The fourth-order valence-electron chi connectivity index (χ4n) is 2.11. The lowest BCUT2D eigenvalue weighted by Crippen LogP contribution is -2.14. The molecule has 1 aromatic heterocycles. The average Bonchev–Trinajstić information content (AvgIpc) is 2.94. The number of rotatable bonds is 10. The van der Waals surface area contributed by atoms with Crippen molar-refractivity contribution in [2.75, 3.05) is 19.0 Å². The third kappa shape index (κ3) is 6.70. The zero-order valence-corrected chi connectivity index (χ0v) is 15.3. The van der Waals surface area contributed by atoms with Crippen LogP contribution in [0.1, 0.15) is 61.2 Å². The number of amides is 1. The van der Waals surface area contributed by atoms with Gasteiger partial charge in [-0.2, -0.15) is 0 Å². The van der Waals surface area contributed by atoms with Gasteiger partial charge >= 0.3 is 11.9 Å². The number of anilines is 1. The molecule has 7 heteroatoms. The molecule has 0 unspecified atom stereocenters. The lowest BCUT2D eigenvalue weighted by molar-refractivity contribution is -0.140. The molecule has 0 aliphatic carbocycles. The summed E-state index contributed by atoms with van der Waals surface area (Å²) in [5.74, 6) is -0.866. The standard InChI is InChI=1S/C17H25NO5S/c1-4-8-12-11-13(17(21)23-5-2)16(24-12)18-14(19)9-6-7-10-15(20)22-3/h11H,4-10H2,1-3H3,(H,18,19). The van der Waals surface area contributed by atoms with Gasteiger partial charge in [0.1, 0.15) is 5.00 Å². The van der Waals surface area contributed by atoms with Gasteiger partial charge in [-0.15, -0.1) is 11.3 Å². The Balaban J connectivity index is 2.62. The summed E-state index contributed by atoms with van der Waals surface area (Å²) in [6.07, 6.45) is 3.59. The largest absolute Gasteiger partial charge is 0.469 e. The van der Waals surface area contributed by atoms with Gasteiger partial charge in [-0.3, -0.25) is 9.59 Å². The maximum absolute atomic E-state index is 12.1. The second-order valence-corrected chi connectivity index (χ2v) is 6.39. The summed E-state index contributed by atoms with van der Waals surface area (Å²) >= 11 is 1.41. The number of methoxy groups -OCH3 is 1. The number of carbonyl (C=O) groups excluding carboxylic acids is 3. The maximum Gasteiger partial charge on any atom is 0.341 e. The molecule has 0 saturated carbocycles.